The monoisotopic (exact) mass is 267 g/mol. The molecule has 0 aliphatic heterocycles. The first kappa shape index (κ1) is 14.4. The predicted molar refractivity (Wildman–Crippen MR) is 73.2 cm³/mol. The SMILES string of the molecule is CCc1nnc(NC(=O)C(C)C(N)=S)nc1CC. The molecule has 6 nitrogen and oxygen atoms in total. The number of anilines is 1. The average Bonchev–Trinajstić information content (AvgIpc) is 2.37. The maximum Gasteiger partial charge on any atom is 0.249 e. The summed E-state index contributed by atoms with van der Waals surface area (Å²) in [5, 5.41) is 10.5. The van der Waals surface area contributed by atoms with Gasteiger partial charge in [0.05, 0.1) is 22.3 Å². The van der Waals surface area contributed by atoms with Crippen molar-refractivity contribution < 1.29 is 4.79 Å². The minimum absolute atomic E-state index is 0.140. The molecule has 0 aliphatic rings. The Morgan fingerprint density at radius 2 is 1.94 bits per heavy atom. The van der Waals surface area contributed by atoms with Crippen molar-refractivity contribution in [3.05, 3.63) is 11.4 Å². The summed E-state index contributed by atoms with van der Waals surface area (Å²) in [6, 6.07) is 0. The number of carbonyl (C=O) groups is 1. The van der Waals surface area contributed by atoms with Gasteiger partial charge in [0.1, 0.15) is 0 Å². The van der Waals surface area contributed by atoms with E-state index in [0.29, 0.717) is 0 Å². The fourth-order valence-corrected chi connectivity index (χ4v) is 1.45. The molecule has 0 aromatic carbocycles. The number of carbonyl (C=O) groups excluding carboxylic acids is 1. The van der Waals surface area contributed by atoms with E-state index in [1.807, 2.05) is 13.8 Å². The lowest BCUT2D eigenvalue weighted by molar-refractivity contribution is -0.117. The number of hydrogen-bond acceptors (Lipinski definition) is 5. The summed E-state index contributed by atoms with van der Waals surface area (Å²) >= 11 is 4.76. The Bertz CT molecular complexity index is 463. The van der Waals surface area contributed by atoms with Gasteiger partial charge >= 0.3 is 0 Å². The minimum atomic E-state index is -0.556. The predicted octanol–water partition coefficient (Wildman–Crippen LogP) is 0.857. The summed E-state index contributed by atoms with van der Waals surface area (Å²) in [7, 11) is 0. The molecule has 0 aliphatic carbocycles. The van der Waals surface area contributed by atoms with E-state index < -0.39 is 5.92 Å². The second-order valence-corrected chi connectivity index (χ2v) is 4.32. The van der Waals surface area contributed by atoms with Gasteiger partial charge in [-0.1, -0.05) is 26.1 Å². The minimum Gasteiger partial charge on any atom is -0.393 e. The normalized spacial score (nSPS) is 11.9. The number of amides is 1. The van der Waals surface area contributed by atoms with Gasteiger partial charge < -0.3 is 5.73 Å². The van der Waals surface area contributed by atoms with E-state index in [-0.39, 0.29) is 16.8 Å². The molecule has 0 saturated heterocycles. The Hall–Kier alpha value is -1.63. The number of rotatable bonds is 5. The third-order valence-corrected chi connectivity index (χ3v) is 2.92. The van der Waals surface area contributed by atoms with Gasteiger partial charge in [0.15, 0.2) is 0 Å². The molecule has 1 unspecified atom stereocenters. The van der Waals surface area contributed by atoms with E-state index in [2.05, 4.69) is 20.5 Å². The molecule has 0 radical (unpaired) electrons. The average molecular weight is 267 g/mol. The maximum absolute atomic E-state index is 11.7. The van der Waals surface area contributed by atoms with Crippen molar-refractivity contribution in [2.24, 2.45) is 11.7 Å². The lowest BCUT2D eigenvalue weighted by atomic mass is 10.2. The van der Waals surface area contributed by atoms with E-state index >= 15 is 0 Å². The lowest BCUT2D eigenvalue weighted by Gasteiger charge is -2.10. The molecule has 1 aromatic rings. The standard InChI is InChI=1S/C11H17N5OS/c1-4-7-8(5-2)15-16-11(13-7)14-10(17)6(3)9(12)18/h6H,4-5H2,1-3H3,(H2,12,18)(H,13,14,16,17). The number of nitrogens with one attached hydrogen (secondary N) is 1. The van der Waals surface area contributed by atoms with E-state index in [1.54, 1.807) is 6.92 Å². The van der Waals surface area contributed by atoms with E-state index in [4.69, 9.17) is 18.0 Å². The van der Waals surface area contributed by atoms with Crippen LogP contribution in [-0.2, 0) is 17.6 Å². The van der Waals surface area contributed by atoms with Crippen molar-refractivity contribution >= 4 is 29.1 Å². The van der Waals surface area contributed by atoms with Crippen molar-refractivity contribution in [3.63, 3.8) is 0 Å². The van der Waals surface area contributed by atoms with Crippen LogP contribution < -0.4 is 11.1 Å². The molecule has 1 atom stereocenters. The Morgan fingerprint density at radius 3 is 2.44 bits per heavy atom. The molecule has 18 heavy (non-hydrogen) atoms. The Morgan fingerprint density at radius 1 is 1.33 bits per heavy atom. The van der Waals surface area contributed by atoms with Gasteiger partial charge in [-0.3, -0.25) is 10.1 Å². The summed E-state index contributed by atoms with van der Waals surface area (Å²) in [5.74, 6) is -0.688. The molecule has 3 N–H and O–H groups in total. The first-order valence-electron chi connectivity index (χ1n) is 5.82. The van der Waals surface area contributed by atoms with Gasteiger partial charge in [-0.2, -0.15) is 0 Å². The van der Waals surface area contributed by atoms with E-state index in [0.717, 1.165) is 24.2 Å². The molecule has 98 valence electrons. The van der Waals surface area contributed by atoms with Crippen LogP contribution in [0.25, 0.3) is 0 Å². The second kappa shape index (κ2) is 6.34. The van der Waals surface area contributed by atoms with E-state index in [1.165, 1.54) is 0 Å². The molecule has 0 bridgehead atoms. The van der Waals surface area contributed by atoms with E-state index in [9.17, 15) is 4.79 Å². The quantitative estimate of drug-likeness (QED) is 0.768. The molecular weight excluding hydrogens is 250 g/mol. The van der Waals surface area contributed by atoms with Gasteiger partial charge in [0.2, 0.25) is 11.9 Å². The summed E-state index contributed by atoms with van der Waals surface area (Å²) < 4.78 is 0. The van der Waals surface area contributed by atoms with Crippen LogP contribution in [0.4, 0.5) is 5.95 Å². The van der Waals surface area contributed by atoms with Crippen LogP contribution in [0.1, 0.15) is 32.2 Å². The van der Waals surface area contributed by atoms with Gasteiger partial charge in [0.25, 0.3) is 0 Å². The molecule has 1 heterocycles. The second-order valence-electron chi connectivity index (χ2n) is 3.85. The zero-order chi connectivity index (χ0) is 13.7. The largest absolute Gasteiger partial charge is 0.393 e. The molecule has 1 aromatic heterocycles. The summed E-state index contributed by atoms with van der Waals surface area (Å²) in [6.07, 6.45) is 1.51. The highest BCUT2D eigenvalue weighted by atomic mass is 32.1. The molecule has 0 spiro atoms. The lowest BCUT2D eigenvalue weighted by Crippen LogP contribution is -2.31. The smallest absolute Gasteiger partial charge is 0.249 e. The van der Waals surface area contributed by atoms with Gasteiger partial charge in [-0.05, 0) is 19.8 Å². The number of thiocarbonyl (C=S) groups is 1. The first-order chi connectivity index (χ1) is 8.49. The van der Waals surface area contributed by atoms with Crippen molar-refractivity contribution in [2.75, 3.05) is 5.32 Å². The fourth-order valence-electron chi connectivity index (χ4n) is 1.34. The summed E-state index contributed by atoms with van der Waals surface area (Å²) in [5.41, 5.74) is 7.09. The molecule has 0 saturated carbocycles. The van der Waals surface area contributed by atoms with Crippen molar-refractivity contribution in [1.82, 2.24) is 15.2 Å². The van der Waals surface area contributed by atoms with Crippen LogP contribution in [0.3, 0.4) is 0 Å². The number of hydrogen-bond donors (Lipinski definition) is 2. The topological polar surface area (TPSA) is 93.8 Å². The summed E-state index contributed by atoms with van der Waals surface area (Å²) in [6.45, 7) is 5.59. The number of aryl methyl sites for hydroxylation is 2. The highest BCUT2D eigenvalue weighted by Gasteiger charge is 2.17. The number of aromatic nitrogens is 3. The Balaban J connectivity index is 2.86. The molecule has 1 amide bonds. The molecule has 0 fully saturated rings. The molecular formula is C11H17N5OS. The van der Waals surface area contributed by atoms with Crippen molar-refractivity contribution in [2.45, 2.75) is 33.6 Å². The number of nitrogens with zero attached hydrogens (tertiary/aromatic N) is 3. The Kier molecular flexibility index (Phi) is 5.08. The van der Waals surface area contributed by atoms with Gasteiger partial charge in [0, 0.05) is 0 Å². The maximum atomic E-state index is 11.7. The van der Waals surface area contributed by atoms with Crippen molar-refractivity contribution in [3.8, 4) is 0 Å². The summed E-state index contributed by atoms with van der Waals surface area (Å²) in [4.78, 5) is 16.1. The highest BCUT2D eigenvalue weighted by Crippen LogP contribution is 2.08. The third kappa shape index (κ3) is 3.43. The van der Waals surface area contributed by atoms with Crippen molar-refractivity contribution in [1.29, 1.82) is 0 Å². The van der Waals surface area contributed by atoms with Crippen LogP contribution in [-0.4, -0.2) is 26.1 Å². The van der Waals surface area contributed by atoms with Crippen LogP contribution in [0.15, 0.2) is 0 Å². The zero-order valence-electron chi connectivity index (χ0n) is 10.7. The van der Waals surface area contributed by atoms with Crippen LogP contribution in [0.2, 0.25) is 0 Å². The van der Waals surface area contributed by atoms with Gasteiger partial charge in [-0.15, -0.1) is 10.2 Å². The Labute approximate surface area is 111 Å². The van der Waals surface area contributed by atoms with Crippen LogP contribution in [0.5, 0.6) is 0 Å². The highest BCUT2D eigenvalue weighted by molar-refractivity contribution is 7.80. The number of nitrogens with two attached hydrogens (primary N) is 1. The van der Waals surface area contributed by atoms with Gasteiger partial charge in [-0.25, -0.2) is 4.98 Å². The molecule has 1 rings (SSSR count). The first-order valence-corrected chi connectivity index (χ1v) is 6.23. The van der Waals surface area contributed by atoms with Crippen LogP contribution >= 0.6 is 12.2 Å². The molecule has 7 heteroatoms. The zero-order valence-corrected chi connectivity index (χ0v) is 11.5. The van der Waals surface area contributed by atoms with Crippen LogP contribution in [0, 0.1) is 5.92 Å². The third-order valence-electron chi connectivity index (χ3n) is 2.56. The fraction of sp³-hybridized carbons (Fsp3) is 0.545.